The fourth-order valence-electron chi connectivity index (χ4n) is 5.22. The molecule has 1 saturated carbocycles. The average Bonchev–Trinajstić information content (AvgIpc) is 3.57. The van der Waals surface area contributed by atoms with Gasteiger partial charge in [-0.05, 0) is 84.8 Å². The number of amides is 1. The minimum absolute atomic E-state index is 0.282. The molecule has 2 atom stereocenters. The first-order valence-electron chi connectivity index (χ1n) is 12.1. The van der Waals surface area contributed by atoms with Gasteiger partial charge in [-0.3, -0.25) is 9.10 Å². The molecule has 1 aliphatic carbocycles. The number of carbonyl (C=O) groups is 1. The second-order valence-electron chi connectivity index (χ2n) is 9.60. The number of ether oxygens (including phenoxy) is 1. The Morgan fingerprint density at radius 1 is 1.08 bits per heavy atom. The van der Waals surface area contributed by atoms with Gasteiger partial charge < -0.3 is 14.5 Å². The van der Waals surface area contributed by atoms with Gasteiger partial charge in [-0.15, -0.1) is 0 Å². The van der Waals surface area contributed by atoms with E-state index in [2.05, 4.69) is 5.32 Å². The third-order valence-electron chi connectivity index (χ3n) is 7.15. The summed E-state index contributed by atoms with van der Waals surface area (Å²) in [4.78, 5) is 13.0. The number of furan rings is 1. The fraction of sp³-hybridized carbons (Fsp3) is 0.250. The van der Waals surface area contributed by atoms with E-state index in [1.165, 1.54) is 22.7 Å². The highest BCUT2D eigenvalue weighted by Crippen LogP contribution is 2.56. The van der Waals surface area contributed by atoms with Gasteiger partial charge in [0.15, 0.2) is 0 Å². The van der Waals surface area contributed by atoms with Gasteiger partial charge >= 0.3 is 0 Å². The van der Waals surface area contributed by atoms with E-state index in [9.17, 15) is 17.6 Å². The number of benzene rings is 3. The molecule has 0 unspecified atom stereocenters. The van der Waals surface area contributed by atoms with Crippen LogP contribution in [0.5, 0.6) is 11.5 Å². The first-order chi connectivity index (χ1) is 17.7. The molecule has 0 saturated heterocycles. The number of hydrogen-bond donors (Lipinski definition) is 1. The molecule has 6 rings (SSSR count). The zero-order chi connectivity index (χ0) is 25.9. The number of fused-ring (bicyclic) bond motifs is 4. The van der Waals surface area contributed by atoms with Crippen molar-refractivity contribution in [3.63, 3.8) is 0 Å². The predicted octanol–water partition coefficient (Wildman–Crippen LogP) is 5.66. The monoisotopic (exact) mass is 520 g/mol. The van der Waals surface area contributed by atoms with Crippen LogP contribution in [-0.2, 0) is 10.0 Å². The van der Waals surface area contributed by atoms with Gasteiger partial charge in [0.1, 0.15) is 28.7 Å². The summed E-state index contributed by atoms with van der Waals surface area (Å²) in [6, 6.07) is 16.5. The van der Waals surface area contributed by atoms with E-state index in [4.69, 9.17) is 9.15 Å². The molecule has 0 spiro atoms. The second-order valence-corrected chi connectivity index (χ2v) is 11.5. The highest BCUT2D eigenvalue weighted by atomic mass is 32.2. The van der Waals surface area contributed by atoms with Gasteiger partial charge in [-0.25, -0.2) is 12.8 Å². The molecule has 0 bridgehead atoms. The number of carbonyl (C=O) groups excluding carboxylic acids is 1. The lowest BCUT2D eigenvalue weighted by atomic mass is 10.00. The second kappa shape index (κ2) is 8.62. The van der Waals surface area contributed by atoms with E-state index in [0.717, 1.165) is 18.4 Å². The number of rotatable bonds is 5. The van der Waals surface area contributed by atoms with E-state index >= 15 is 0 Å². The Morgan fingerprint density at radius 2 is 1.76 bits per heavy atom. The number of hydrogen-bond acceptors (Lipinski definition) is 5. The van der Waals surface area contributed by atoms with Crippen LogP contribution in [0, 0.1) is 11.7 Å². The van der Waals surface area contributed by atoms with Gasteiger partial charge in [0.25, 0.3) is 5.91 Å². The van der Waals surface area contributed by atoms with Crippen molar-refractivity contribution in [3.8, 4) is 22.8 Å². The predicted molar refractivity (Wildman–Crippen MR) is 139 cm³/mol. The quantitative estimate of drug-likeness (QED) is 0.367. The Balaban J connectivity index is 1.44. The van der Waals surface area contributed by atoms with Crippen LogP contribution >= 0.6 is 0 Å². The van der Waals surface area contributed by atoms with Gasteiger partial charge in [-0.1, -0.05) is 0 Å². The first kappa shape index (κ1) is 23.5. The van der Waals surface area contributed by atoms with Crippen LogP contribution in [0.3, 0.4) is 0 Å². The summed E-state index contributed by atoms with van der Waals surface area (Å²) >= 11 is 0. The minimum Gasteiger partial charge on any atom is -0.457 e. The SMILES string of the molecule is CNC(=O)c1c(-c2ccc(Oc3ccc(F)cc3)cc2)oc2cc3c(cc12)[C@@H]1C[C@@H]1CCN3S(C)(=O)=O. The normalized spacial score (nSPS) is 18.6. The molecular formula is C28H25FN2O5S. The molecule has 1 aromatic heterocycles. The molecule has 1 amide bonds. The van der Waals surface area contributed by atoms with Crippen molar-refractivity contribution >= 4 is 32.6 Å². The smallest absolute Gasteiger partial charge is 0.255 e. The molecule has 3 aromatic carbocycles. The van der Waals surface area contributed by atoms with Gasteiger partial charge in [0.05, 0.1) is 17.5 Å². The van der Waals surface area contributed by atoms with Crippen molar-refractivity contribution in [2.45, 2.75) is 18.8 Å². The number of nitrogens with one attached hydrogen (secondary N) is 1. The average molecular weight is 521 g/mol. The zero-order valence-electron chi connectivity index (χ0n) is 20.3. The summed E-state index contributed by atoms with van der Waals surface area (Å²) in [7, 11) is -1.90. The van der Waals surface area contributed by atoms with Gasteiger partial charge in [-0.2, -0.15) is 0 Å². The fourth-order valence-corrected chi connectivity index (χ4v) is 6.18. The maximum atomic E-state index is 13.2. The van der Waals surface area contributed by atoms with Crippen LogP contribution in [-0.4, -0.2) is 34.2 Å². The largest absolute Gasteiger partial charge is 0.457 e. The van der Waals surface area contributed by atoms with E-state index in [0.29, 0.717) is 57.5 Å². The maximum absolute atomic E-state index is 13.2. The molecule has 1 fully saturated rings. The molecule has 4 aromatic rings. The van der Waals surface area contributed by atoms with Crippen molar-refractivity contribution in [1.29, 1.82) is 0 Å². The Bertz CT molecular complexity index is 1630. The number of anilines is 1. The lowest BCUT2D eigenvalue weighted by molar-refractivity contribution is 0.0964. The van der Waals surface area contributed by atoms with E-state index in [1.54, 1.807) is 49.5 Å². The van der Waals surface area contributed by atoms with Crippen molar-refractivity contribution in [2.75, 3.05) is 24.2 Å². The minimum atomic E-state index is -3.47. The molecule has 7 nitrogen and oxygen atoms in total. The summed E-state index contributed by atoms with van der Waals surface area (Å²) in [5, 5.41) is 3.36. The number of halogens is 1. The molecular weight excluding hydrogens is 495 g/mol. The molecule has 2 heterocycles. The summed E-state index contributed by atoms with van der Waals surface area (Å²) in [5.41, 5.74) is 3.10. The highest BCUT2D eigenvalue weighted by molar-refractivity contribution is 7.92. The number of sulfonamides is 1. The van der Waals surface area contributed by atoms with Crippen LogP contribution in [0.25, 0.3) is 22.3 Å². The van der Waals surface area contributed by atoms with Crippen molar-refractivity contribution in [2.24, 2.45) is 5.92 Å². The molecule has 0 radical (unpaired) electrons. The summed E-state index contributed by atoms with van der Waals surface area (Å²) in [6.45, 7) is 0.434. The standard InChI is InChI=1S/C28H25FN2O5S/c1-30-28(32)26-23-14-22-21-13-17(21)11-12-31(37(2,33)34)24(22)15-25(23)36-27(26)16-3-7-19(8-4-16)35-20-9-5-18(29)6-10-20/h3-10,14-15,17,21H,11-13H2,1-2H3,(H,30,32)/t17-,21+/m0/s1. The highest BCUT2D eigenvalue weighted by Gasteiger charge is 2.44. The van der Waals surface area contributed by atoms with Crippen LogP contribution in [0.2, 0.25) is 0 Å². The van der Waals surface area contributed by atoms with E-state index < -0.39 is 10.0 Å². The zero-order valence-corrected chi connectivity index (χ0v) is 21.1. The Morgan fingerprint density at radius 3 is 2.41 bits per heavy atom. The topological polar surface area (TPSA) is 88.8 Å². The van der Waals surface area contributed by atoms with Crippen LogP contribution in [0.4, 0.5) is 10.1 Å². The summed E-state index contributed by atoms with van der Waals surface area (Å²) in [5.74, 6) is 1.53. The summed E-state index contributed by atoms with van der Waals surface area (Å²) < 4.78 is 51.8. The molecule has 190 valence electrons. The number of nitrogens with zero attached hydrogens (tertiary/aromatic N) is 1. The van der Waals surface area contributed by atoms with Crippen molar-refractivity contribution in [1.82, 2.24) is 5.32 Å². The Hall–Kier alpha value is -3.85. The van der Waals surface area contributed by atoms with E-state index in [-0.39, 0.29) is 17.6 Å². The van der Waals surface area contributed by atoms with Crippen LogP contribution in [0.15, 0.2) is 65.1 Å². The Kier molecular flexibility index (Phi) is 5.49. The molecule has 1 aliphatic heterocycles. The third-order valence-corrected chi connectivity index (χ3v) is 8.33. The van der Waals surface area contributed by atoms with Gasteiger partial charge in [0, 0.05) is 30.6 Å². The van der Waals surface area contributed by atoms with Crippen molar-refractivity contribution < 1.29 is 26.8 Å². The van der Waals surface area contributed by atoms with Crippen molar-refractivity contribution in [3.05, 3.63) is 77.6 Å². The summed E-state index contributed by atoms with van der Waals surface area (Å²) in [6.07, 6.45) is 3.05. The molecule has 2 aliphatic rings. The van der Waals surface area contributed by atoms with Gasteiger partial charge in [0.2, 0.25) is 10.0 Å². The van der Waals surface area contributed by atoms with E-state index in [1.807, 2.05) is 6.07 Å². The Labute approximate surface area is 213 Å². The first-order valence-corrected chi connectivity index (χ1v) is 13.9. The van der Waals surface area contributed by atoms with Crippen LogP contribution in [0.1, 0.15) is 34.7 Å². The maximum Gasteiger partial charge on any atom is 0.255 e. The lowest BCUT2D eigenvalue weighted by Crippen LogP contribution is -2.31. The lowest BCUT2D eigenvalue weighted by Gasteiger charge is -2.23. The molecule has 9 heteroatoms. The molecule has 37 heavy (non-hydrogen) atoms. The third kappa shape index (κ3) is 4.23. The molecule has 1 N–H and O–H groups in total. The van der Waals surface area contributed by atoms with Crippen LogP contribution < -0.4 is 14.4 Å².